The van der Waals surface area contributed by atoms with Crippen LogP contribution in [0.25, 0.3) is 0 Å². The number of urea groups is 1. The minimum atomic E-state index is -0.524. The summed E-state index contributed by atoms with van der Waals surface area (Å²) >= 11 is 6.19. The topological polar surface area (TPSA) is 59.4 Å². The van der Waals surface area contributed by atoms with Crippen LogP contribution in [0.2, 0.25) is 5.02 Å². The minimum absolute atomic E-state index is 0.0442. The molecule has 0 radical (unpaired) electrons. The van der Waals surface area contributed by atoms with Crippen LogP contribution in [-0.4, -0.2) is 37.1 Å². The monoisotopic (exact) mass is 386 g/mol. The van der Waals surface area contributed by atoms with Crippen molar-refractivity contribution >= 4 is 23.3 Å². The van der Waals surface area contributed by atoms with Gasteiger partial charge in [0.15, 0.2) is 0 Å². The van der Waals surface area contributed by atoms with Gasteiger partial charge in [-0.15, -0.1) is 0 Å². The van der Waals surface area contributed by atoms with Gasteiger partial charge in [0.2, 0.25) is 0 Å². The van der Waals surface area contributed by atoms with Crippen LogP contribution >= 0.6 is 11.6 Å². The Balaban J connectivity index is 1.61. The highest BCUT2D eigenvalue weighted by molar-refractivity contribution is 6.31. The largest absolute Gasteiger partial charge is 0.367 e. The summed E-state index contributed by atoms with van der Waals surface area (Å²) in [6, 6.07) is 13.6. The van der Waals surface area contributed by atoms with E-state index in [-0.39, 0.29) is 17.6 Å². The first-order valence-corrected chi connectivity index (χ1v) is 9.12. The molecule has 0 spiro atoms. The molecule has 0 aliphatic carbocycles. The van der Waals surface area contributed by atoms with Crippen LogP contribution in [0.4, 0.5) is 14.9 Å². The summed E-state index contributed by atoms with van der Waals surface area (Å²) < 4.78 is 13.8. The molecule has 1 aliphatic rings. The Morgan fingerprint density at radius 3 is 2.56 bits per heavy atom. The number of nitrogens with one attached hydrogen (secondary N) is 1. The van der Waals surface area contributed by atoms with Crippen molar-refractivity contribution in [3.05, 3.63) is 64.4 Å². The number of rotatable bonds is 3. The quantitative estimate of drug-likeness (QED) is 0.869. The van der Waals surface area contributed by atoms with Crippen LogP contribution in [0, 0.1) is 17.1 Å². The third-order valence-corrected chi connectivity index (χ3v) is 5.07. The summed E-state index contributed by atoms with van der Waals surface area (Å²) in [5.41, 5.74) is 1.48. The van der Waals surface area contributed by atoms with Gasteiger partial charge in [0, 0.05) is 31.2 Å². The zero-order valence-corrected chi connectivity index (χ0v) is 15.7. The van der Waals surface area contributed by atoms with Gasteiger partial charge in [-0.2, -0.15) is 5.26 Å². The molecule has 2 aromatic carbocycles. The lowest BCUT2D eigenvalue weighted by atomic mass is 10.1. The van der Waals surface area contributed by atoms with Crippen molar-refractivity contribution in [2.24, 2.45) is 0 Å². The number of anilines is 1. The number of hydrogen-bond donors (Lipinski definition) is 1. The molecule has 3 rings (SSSR count). The summed E-state index contributed by atoms with van der Waals surface area (Å²) in [7, 11) is 0. The second-order valence-corrected chi connectivity index (χ2v) is 6.82. The second-order valence-electron chi connectivity index (χ2n) is 6.41. The third-order valence-electron chi connectivity index (χ3n) is 4.72. The summed E-state index contributed by atoms with van der Waals surface area (Å²) in [6.45, 7) is 3.93. The molecule has 140 valence electrons. The molecule has 2 amide bonds. The molecule has 0 aromatic heterocycles. The fourth-order valence-corrected chi connectivity index (χ4v) is 3.52. The number of halogens is 2. The van der Waals surface area contributed by atoms with Crippen molar-refractivity contribution in [2.75, 3.05) is 31.1 Å². The molecule has 1 atom stereocenters. The highest BCUT2D eigenvalue weighted by Gasteiger charge is 2.24. The maximum Gasteiger partial charge on any atom is 0.317 e. The van der Waals surface area contributed by atoms with Gasteiger partial charge >= 0.3 is 6.03 Å². The molecular formula is C20H20ClFN4O. The molecule has 1 N–H and O–H groups in total. The van der Waals surface area contributed by atoms with E-state index < -0.39 is 5.82 Å². The standard InChI is InChI=1S/C20H20ClFN4O/c1-14(15-5-2-3-6-17(15)21)24-20(27)26-11-9-25(10-12-26)19-8-4-7-18(22)16(19)13-23/h2-8,14H,9-12H2,1H3,(H,24,27). The molecule has 7 heteroatoms. The average Bonchev–Trinajstić information content (AvgIpc) is 2.68. The van der Waals surface area contributed by atoms with Gasteiger partial charge < -0.3 is 15.1 Å². The number of piperazine rings is 1. The van der Waals surface area contributed by atoms with E-state index in [1.54, 1.807) is 23.1 Å². The van der Waals surface area contributed by atoms with Gasteiger partial charge in [-0.1, -0.05) is 35.9 Å². The summed E-state index contributed by atoms with van der Waals surface area (Å²) in [6.07, 6.45) is 0. The molecule has 27 heavy (non-hydrogen) atoms. The molecule has 1 saturated heterocycles. The number of benzene rings is 2. The highest BCUT2D eigenvalue weighted by atomic mass is 35.5. The number of carbonyl (C=O) groups excluding carboxylic acids is 1. The number of amides is 2. The maximum atomic E-state index is 13.8. The van der Waals surface area contributed by atoms with Crippen LogP contribution in [0.1, 0.15) is 24.1 Å². The van der Waals surface area contributed by atoms with E-state index in [4.69, 9.17) is 11.6 Å². The first-order valence-electron chi connectivity index (χ1n) is 8.74. The van der Waals surface area contributed by atoms with Crippen molar-refractivity contribution in [1.82, 2.24) is 10.2 Å². The molecule has 1 unspecified atom stereocenters. The first-order chi connectivity index (χ1) is 13.0. The summed E-state index contributed by atoms with van der Waals surface area (Å²) in [4.78, 5) is 16.2. The molecule has 5 nitrogen and oxygen atoms in total. The molecule has 0 saturated carbocycles. The lowest BCUT2D eigenvalue weighted by Gasteiger charge is -2.37. The number of nitrogens with zero attached hydrogens (tertiary/aromatic N) is 3. The molecule has 1 fully saturated rings. The van der Waals surface area contributed by atoms with E-state index in [9.17, 15) is 14.4 Å². The van der Waals surface area contributed by atoms with Gasteiger partial charge in [0.05, 0.1) is 11.7 Å². The smallest absolute Gasteiger partial charge is 0.317 e. The molecule has 2 aromatic rings. The van der Waals surface area contributed by atoms with Gasteiger partial charge in [0.1, 0.15) is 17.4 Å². The Labute approximate surface area is 162 Å². The van der Waals surface area contributed by atoms with Gasteiger partial charge in [0.25, 0.3) is 0 Å². The third kappa shape index (κ3) is 4.15. The van der Waals surface area contributed by atoms with Gasteiger partial charge in [-0.05, 0) is 30.7 Å². The zero-order chi connectivity index (χ0) is 19.4. The number of hydrogen-bond acceptors (Lipinski definition) is 3. The van der Waals surface area contributed by atoms with E-state index in [2.05, 4.69) is 5.32 Å². The Hall–Kier alpha value is -2.78. The van der Waals surface area contributed by atoms with Crippen molar-refractivity contribution in [2.45, 2.75) is 13.0 Å². The molecular weight excluding hydrogens is 367 g/mol. The van der Waals surface area contributed by atoms with Crippen LogP contribution in [0.3, 0.4) is 0 Å². The van der Waals surface area contributed by atoms with Crippen molar-refractivity contribution in [3.63, 3.8) is 0 Å². The highest BCUT2D eigenvalue weighted by Crippen LogP contribution is 2.25. The Morgan fingerprint density at radius 2 is 1.89 bits per heavy atom. The van der Waals surface area contributed by atoms with E-state index in [1.807, 2.05) is 36.1 Å². The van der Waals surface area contributed by atoms with Gasteiger partial charge in [-0.25, -0.2) is 9.18 Å². The summed E-state index contributed by atoms with van der Waals surface area (Å²) in [5.74, 6) is -0.524. The van der Waals surface area contributed by atoms with Crippen LogP contribution in [0.5, 0.6) is 0 Å². The SMILES string of the molecule is CC(NC(=O)N1CCN(c2cccc(F)c2C#N)CC1)c1ccccc1Cl. The fourth-order valence-electron chi connectivity index (χ4n) is 3.22. The number of nitriles is 1. The minimum Gasteiger partial charge on any atom is -0.367 e. The summed E-state index contributed by atoms with van der Waals surface area (Å²) in [5, 5.41) is 12.8. The normalized spacial score (nSPS) is 15.2. The second kappa shape index (κ2) is 8.28. The lowest BCUT2D eigenvalue weighted by Crippen LogP contribution is -2.52. The zero-order valence-electron chi connectivity index (χ0n) is 15.0. The Kier molecular flexibility index (Phi) is 5.82. The molecule has 0 bridgehead atoms. The van der Waals surface area contributed by atoms with Crippen molar-refractivity contribution in [1.29, 1.82) is 5.26 Å². The van der Waals surface area contributed by atoms with Crippen LogP contribution in [-0.2, 0) is 0 Å². The van der Waals surface area contributed by atoms with E-state index in [0.717, 1.165) is 5.56 Å². The van der Waals surface area contributed by atoms with E-state index in [1.165, 1.54) is 6.07 Å². The van der Waals surface area contributed by atoms with Crippen molar-refractivity contribution < 1.29 is 9.18 Å². The molecule has 1 heterocycles. The van der Waals surface area contributed by atoms with Crippen molar-refractivity contribution in [3.8, 4) is 6.07 Å². The Morgan fingerprint density at radius 1 is 1.19 bits per heavy atom. The number of carbonyl (C=O) groups is 1. The maximum absolute atomic E-state index is 13.8. The lowest BCUT2D eigenvalue weighted by molar-refractivity contribution is 0.191. The predicted molar refractivity (Wildman–Crippen MR) is 103 cm³/mol. The van der Waals surface area contributed by atoms with Crippen LogP contribution in [0.15, 0.2) is 42.5 Å². The average molecular weight is 387 g/mol. The predicted octanol–water partition coefficient (Wildman–Crippen LogP) is 3.94. The van der Waals surface area contributed by atoms with Gasteiger partial charge in [-0.3, -0.25) is 0 Å². The molecule has 1 aliphatic heterocycles. The fraction of sp³-hybridized carbons (Fsp3) is 0.300. The first kappa shape index (κ1) is 19.0. The van der Waals surface area contributed by atoms with E-state index >= 15 is 0 Å². The van der Waals surface area contributed by atoms with E-state index in [0.29, 0.717) is 36.9 Å². The Bertz CT molecular complexity index is 875. The van der Waals surface area contributed by atoms with Crippen LogP contribution < -0.4 is 10.2 Å².